The third kappa shape index (κ3) is 4.32. The van der Waals surface area contributed by atoms with Crippen LogP contribution in [-0.4, -0.2) is 31.1 Å². The van der Waals surface area contributed by atoms with Crippen LogP contribution in [0.25, 0.3) is 0 Å². The van der Waals surface area contributed by atoms with Gasteiger partial charge in [0.05, 0.1) is 36.2 Å². The van der Waals surface area contributed by atoms with E-state index in [-0.39, 0.29) is 22.4 Å². The predicted molar refractivity (Wildman–Crippen MR) is 113 cm³/mol. The number of para-hydroxylation sites is 1. The summed E-state index contributed by atoms with van der Waals surface area (Å²) >= 11 is 0. The summed E-state index contributed by atoms with van der Waals surface area (Å²) < 4.78 is 9.97. The van der Waals surface area contributed by atoms with E-state index in [9.17, 15) is 19.7 Å². The first-order valence-electron chi connectivity index (χ1n) is 9.53. The number of benzene rings is 2. The van der Waals surface area contributed by atoms with Crippen molar-refractivity contribution in [1.82, 2.24) is 5.32 Å². The highest BCUT2D eigenvalue weighted by molar-refractivity contribution is 6.00. The van der Waals surface area contributed by atoms with Gasteiger partial charge in [-0.3, -0.25) is 10.1 Å². The fourth-order valence-electron chi connectivity index (χ4n) is 3.78. The zero-order chi connectivity index (χ0) is 22.5. The first-order chi connectivity index (χ1) is 14.9. The number of allylic oxidation sites excluding steroid dienone is 2. The number of ether oxygens (including phenoxy) is 2. The van der Waals surface area contributed by atoms with Gasteiger partial charge in [-0.05, 0) is 12.5 Å². The fraction of sp³-hybridized carbons (Fsp3) is 0.217. The Kier molecular flexibility index (Phi) is 6.49. The van der Waals surface area contributed by atoms with Crippen LogP contribution >= 0.6 is 0 Å². The number of esters is 2. The van der Waals surface area contributed by atoms with Crippen molar-refractivity contribution in [3.63, 3.8) is 0 Å². The second kappa shape index (κ2) is 9.25. The monoisotopic (exact) mass is 422 g/mol. The first-order valence-corrected chi connectivity index (χ1v) is 9.53. The molecule has 0 amide bonds. The van der Waals surface area contributed by atoms with Gasteiger partial charge >= 0.3 is 11.9 Å². The van der Waals surface area contributed by atoms with E-state index in [4.69, 9.17) is 9.47 Å². The summed E-state index contributed by atoms with van der Waals surface area (Å²) in [7, 11) is 2.45. The molecular formula is C23H22N2O6. The van der Waals surface area contributed by atoms with E-state index >= 15 is 0 Å². The van der Waals surface area contributed by atoms with Crippen molar-refractivity contribution in [2.45, 2.75) is 19.3 Å². The molecule has 1 heterocycles. The Morgan fingerprint density at radius 1 is 0.968 bits per heavy atom. The van der Waals surface area contributed by atoms with Crippen molar-refractivity contribution in [3.8, 4) is 0 Å². The Morgan fingerprint density at radius 3 is 2.16 bits per heavy atom. The van der Waals surface area contributed by atoms with Crippen molar-refractivity contribution < 1.29 is 24.0 Å². The van der Waals surface area contributed by atoms with Gasteiger partial charge < -0.3 is 14.8 Å². The summed E-state index contributed by atoms with van der Waals surface area (Å²) in [5.41, 5.74) is 2.13. The average molecular weight is 422 g/mol. The van der Waals surface area contributed by atoms with Crippen molar-refractivity contribution in [2.24, 2.45) is 0 Å². The summed E-state index contributed by atoms with van der Waals surface area (Å²) in [6.07, 6.45) is 0.341. The van der Waals surface area contributed by atoms with Gasteiger partial charge in [0.25, 0.3) is 5.69 Å². The molecule has 2 aromatic carbocycles. The lowest BCUT2D eigenvalue weighted by atomic mass is 9.78. The molecule has 0 radical (unpaired) electrons. The molecule has 2 aromatic rings. The Morgan fingerprint density at radius 2 is 1.55 bits per heavy atom. The number of rotatable bonds is 6. The molecule has 0 saturated heterocycles. The van der Waals surface area contributed by atoms with Crippen LogP contribution in [0.15, 0.2) is 77.1 Å². The van der Waals surface area contributed by atoms with E-state index in [1.54, 1.807) is 13.0 Å². The molecule has 0 aromatic heterocycles. The van der Waals surface area contributed by atoms with Crippen molar-refractivity contribution >= 4 is 17.6 Å². The Balaban J connectivity index is 2.29. The zero-order valence-electron chi connectivity index (χ0n) is 17.4. The fourth-order valence-corrected chi connectivity index (χ4v) is 3.78. The molecule has 1 N–H and O–H groups in total. The SMILES string of the molecule is COC(=O)C1=C(C)NC(Cc2ccccc2)=C(C(=O)OC)C1c1ccccc1[N+](=O)[O-]. The van der Waals surface area contributed by atoms with Gasteiger partial charge in [0.1, 0.15) is 0 Å². The molecule has 1 aliphatic rings. The third-order valence-electron chi connectivity index (χ3n) is 5.12. The van der Waals surface area contributed by atoms with Gasteiger partial charge in [-0.1, -0.05) is 48.5 Å². The number of nitrogens with one attached hydrogen (secondary N) is 1. The van der Waals surface area contributed by atoms with E-state index in [1.807, 2.05) is 30.3 Å². The standard InChI is InChI=1S/C23H22N2O6/c1-14-19(22(26)30-2)20(16-11-7-8-12-18(16)25(28)29)21(23(27)31-3)17(24-14)13-15-9-5-4-6-10-15/h4-12,20,24H,13H2,1-3H3. The van der Waals surface area contributed by atoms with Gasteiger partial charge in [-0.25, -0.2) is 9.59 Å². The van der Waals surface area contributed by atoms with Crippen molar-refractivity contribution in [2.75, 3.05) is 14.2 Å². The molecular weight excluding hydrogens is 400 g/mol. The smallest absolute Gasteiger partial charge is 0.336 e. The van der Waals surface area contributed by atoms with E-state index in [0.29, 0.717) is 17.8 Å². The second-order valence-electron chi connectivity index (χ2n) is 6.95. The number of dihydropyridines is 1. The molecule has 1 unspecified atom stereocenters. The molecule has 1 aliphatic heterocycles. The van der Waals surface area contributed by atoms with E-state index in [2.05, 4.69) is 5.32 Å². The summed E-state index contributed by atoms with van der Waals surface area (Å²) in [5, 5.41) is 14.9. The minimum atomic E-state index is -1.03. The molecule has 0 spiro atoms. The number of hydrogen-bond acceptors (Lipinski definition) is 7. The van der Waals surface area contributed by atoms with Gasteiger partial charge in [0.15, 0.2) is 0 Å². The lowest BCUT2D eigenvalue weighted by molar-refractivity contribution is -0.385. The molecule has 160 valence electrons. The summed E-state index contributed by atoms with van der Waals surface area (Å²) in [6, 6.07) is 15.5. The number of carbonyl (C=O) groups is 2. The lowest BCUT2D eigenvalue weighted by Crippen LogP contribution is -2.33. The van der Waals surface area contributed by atoms with Gasteiger partial charge in [-0.2, -0.15) is 0 Å². The summed E-state index contributed by atoms with van der Waals surface area (Å²) in [5.74, 6) is -2.40. The minimum absolute atomic E-state index is 0.119. The van der Waals surface area contributed by atoms with E-state index in [0.717, 1.165) is 5.56 Å². The summed E-state index contributed by atoms with van der Waals surface area (Å²) in [4.78, 5) is 36.8. The molecule has 8 heteroatoms. The van der Waals surface area contributed by atoms with Crippen LogP contribution in [0.4, 0.5) is 5.69 Å². The van der Waals surface area contributed by atoms with Crippen LogP contribution in [0.1, 0.15) is 24.0 Å². The number of hydrogen-bond donors (Lipinski definition) is 1. The summed E-state index contributed by atoms with van der Waals surface area (Å²) in [6.45, 7) is 1.67. The molecule has 31 heavy (non-hydrogen) atoms. The first kappa shape index (κ1) is 21.8. The topological polar surface area (TPSA) is 108 Å². The highest BCUT2D eigenvalue weighted by atomic mass is 16.6. The lowest BCUT2D eigenvalue weighted by Gasteiger charge is -2.31. The normalized spacial score (nSPS) is 15.9. The number of nitro groups is 1. The predicted octanol–water partition coefficient (Wildman–Crippen LogP) is 3.40. The van der Waals surface area contributed by atoms with Crippen LogP contribution in [0, 0.1) is 10.1 Å². The molecule has 0 bridgehead atoms. The quantitative estimate of drug-likeness (QED) is 0.432. The highest BCUT2D eigenvalue weighted by Gasteiger charge is 2.41. The van der Waals surface area contributed by atoms with Crippen LogP contribution < -0.4 is 5.32 Å². The largest absolute Gasteiger partial charge is 0.466 e. The highest BCUT2D eigenvalue weighted by Crippen LogP contribution is 2.43. The van der Waals surface area contributed by atoms with Crippen molar-refractivity contribution in [1.29, 1.82) is 0 Å². The molecule has 1 atom stereocenters. The minimum Gasteiger partial charge on any atom is -0.466 e. The molecule has 8 nitrogen and oxygen atoms in total. The second-order valence-corrected chi connectivity index (χ2v) is 6.95. The van der Waals surface area contributed by atoms with Gasteiger partial charge in [0, 0.05) is 29.4 Å². The zero-order valence-corrected chi connectivity index (χ0v) is 17.4. The number of carbonyl (C=O) groups excluding carboxylic acids is 2. The van der Waals surface area contributed by atoms with E-state index in [1.165, 1.54) is 32.4 Å². The number of nitro benzene ring substituents is 1. The molecule has 0 fully saturated rings. The number of methoxy groups -OCH3 is 2. The van der Waals surface area contributed by atoms with Crippen LogP contribution in [0.3, 0.4) is 0 Å². The molecule has 0 aliphatic carbocycles. The van der Waals surface area contributed by atoms with Crippen LogP contribution in [0.2, 0.25) is 0 Å². The van der Waals surface area contributed by atoms with Gasteiger partial charge in [0.2, 0.25) is 0 Å². The Labute approximate surface area is 179 Å². The molecule has 3 rings (SSSR count). The van der Waals surface area contributed by atoms with Crippen molar-refractivity contribution in [3.05, 3.63) is 98.4 Å². The van der Waals surface area contributed by atoms with Crippen LogP contribution in [0.5, 0.6) is 0 Å². The maximum absolute atomic E-state index is 12.9. The Hall–Kier alpha value is -3.94. The number of nitrogens with zero attached hydrogens (tertiary/aromatic N) is 1. The van der Waals surface area contributed by atoms with Gasteiger partial charge in [-0.15, -0.1) is 0 Å². The Bertz CT molecular complexity index is 1090. The maximum atomic E-state index is 12.9. The third-order valence-corrected chi connectivity index (χ3v) is 5.12. The van der Waals surface area contributed by atoms with E-state index < -0.39 is 22.8 Å². The van der Waals surface area contributed by atoms with Crippen LogP contribution in [-0.2, 0) is 25.5 Å². The molecule has 0 saturated carbocycles. The average Bonchev–Trinajstić information content (AvgIpc) is 2.78. The maximum Gasteiger partial charge on any atom is 0.336 e.